The summed E-state index contributed by atoms with van der Waals surface area (Å²) in [6.07, 6.45) is 1.47. The third-order valence-electron chi connectivity index (χ3n) is 4.44. The Balaban J connectivity index is 1.90. The average Bonchev–Trinajstić information content (AvgIpc) is 2.70. The fraction of sp³-hybridized carbons (Fsp3) is 0.200. The number of ether oxygens (including phenoxy) is 1. The second-order valence-electron chi connectivity index (χ2n) is 6.29. The summed E-state index contributed by atoms with van der Waals surface area (Å²) >= 11 is 0. The first-order valence-corrected chi connectivity index (χ1v) is 10.0. The minimum Gasteiger partial charge on any atom is -0.497 e. The fourth-order valence-electron chi connectivity index (χ4n) is 2.76. The number of allylic oxidation sites excluding steroid dienone is 1. The number of hydrogen-bond donors (Lipinski definition) is 1. The van der Waals surface area contributed by atoms with E-state index in [4.69, 9.17) is 4.74 Å². The van der Waals surface area contributed by atoms with Crippen molar-refractivity contribution in [2.75, 3.05) is 14.2 Å². The minimum absolute atomic E-state index is 0.00333. The van der Waals surface area contributed by atoms with Crippen LogP contribution in [-0.4, -0.2) is 38.5 Å². The van der Waals surface area contributed by atoms with Gasteiger partial charge >= 0.3 is 10.2 Å². The first-order chi connectivity index (χ1) is 13.3. The predicted molar refractivity (Wildman–Crippen MR) is 107 cm³/mol. The van der Waals surface area contributed by atoms with Crippen LogP contribution in [0.15, 0.2) is 70.8 Å². The summed E-state index contributed by atoms with van der Waals surface area (Å²) in [5.41, 5.74) is 1.68. The van der Waals surface area contributed by atoms with Gasteiger partial charge in [-0.25, -0.2) is 4.31 Å². The number of benzene rings is 2. The van der Waals surface area contributed by atoms with Gasteiger partial charge in [-0.3, -0.25) is 4.79 Å². The number of nitrogens with one attached hydrogen (secondary N) is 1. The van der Waals surface area contributed by atoms with Gasteiger partial charge in [0.15, 0.2) is 0 Å². The number of hydrogen-bond acceptors (Lipinski definition) is 4. The van der Waals surface area contributed by atoms with Crippen LogP contribution in [0.3, 0.4) is 0 Å². The molecule has 1 aliphatic heterocycles. The topological polar surface area (TPSA) is 88.1 Å². The zero-order valence-corrected chi connectivity index (χ0v) is 16.6. The van der Waals surface area contributed by atoms with Crippen molar-refractivity contribution >= 4 is 21.8 Å². The number of methoxy groups -OCH3 is 1. The Morgan fingerprint density at radius 1 is 1.11 bits per heavy atom. The van der Waals surface area contributed by atoms with Crippen LogP contribution in [0.2, 0.25) is 0 Å². The molecule has 0 saturated carbocycles. The summed E-state index contributed by atoms with van der Waals surface area (Å²) in [4.78, 5) is 12.8. The maximum absolute atomic E-state index is 12.8. The van der Waals surface area contributed by atoms with E-state index in [1.165, 1.54) is 13.1 Å². The van der Waals surface area contributed by atoms with Gasteiger partial charge in [0.05, 0.1) is 18.9 Å². The SMILES string of the molecule is COc1ccc(C2=NS(=O)(=O)N(C)C(C(=O)N[C@@H](C)c3ccccc3)=C2)cc1. The van der Waals surface area contributed by atoms with Crippen LogP contribution >= 0.6 is 0 Å². The molecule has 0 spiro atoms. The van der Waals surface area contributed by atoms with E-state index in [2.05, 4.69) is 9.71 Å². The molecule has 0 fully saturated rings. The van der Waals surface area contributed by atoms with Crippen molar-refractivity contribution < 1.29 is 17.9 Å². The van der Waals surface area contributed by atoms with Crippen LogP contribution in [0, 0.1) is 0 Å². The van der Waals surface area contributed by atoms with Crippen LogP contribution in [0.5, 0.6) is 5.75 Å². The van der Waals surface area contributed by atoms with Gasteiger partial charge in [-0.1, -0.05) is 30.3 Å². The standard InChI is InChI=1S/C20H21N3O4S/c1-14(15-7-5-4-6-8-15)21-20(24)19-13-18(22-28(25,26)23(19)2)16-9-11-17(27-3)12-10-16/h4-14H,1-3H3,(H,21,24)/t14-/m0/s1. The zero-order chi connectivity index (χ0) is 20.3. The Morgan fingerprint density at radius 3 is 2.36 bits per heavy atom. The molecule has 0 saturated heterocycles. The third-order valence-corrected chi connectivity index (χ3v) is 5.75. The van der Waals surface area contributed by atoms with Crippen molar-refractivity contribution in [2.24, 2.45) is 4.40 Å². The van der Waals surface area contributed by atoms with Gasteiger partial charge in [-0.15, -0.1) is 4.40 Å². The Bertz CT molecular complexity index is 1030. The van der Waals surface area contributed by atoms with Gasteiger partial charge in [-0.05, 0) is 42.8 Å². The minimum atomic E-state index is -4.01. The van der Waals surface area contributed by atoms with E-state index >= 15 is 0 Å². The van der Waals surface area contributed by atoms with Gasteiger partial charge in [-0.2, -0.15) is 8.42 Å². The van der Waals surface area contributed by atoms with Crippen LogP contribution < -0.4 is 10.1 Å². The van der Waals surface area contributed by atoms with Crippen molar-refractivity contribution in [3.05, 3.63) is 77.5 Å². The Kier molecular flexibility index (Phi) is 5.51. The van der Waals surface area contributed by atoms with Crippen LogP contribution in [0.4, 0.5) is 0 Å². The molecule has 146 valence electrons. The summed E-state index contributed by atoms with van der Waals surface area (Å²) in [5.74, 6) is 0.141. The molecule has 3 rings (SSSR count). The number of carbonyl (C=O) groups is 1. The van der Waals surface area contributed by atoms with Crippen molar-refractivity contribution in [3.8, 4) is 5.75 Å². The molecule has 1 heterocycles. The summed E-state index contributed by atoms with van der Waals surface area (Å²) in [6, 6.07) is 15.9. The zero-order valence-electron chi connectivity index (χ0n) is 15.8. The van der Waals surface area contributed by atoms with E-state index in [-0.39, 0.29) is 17.5 Å². The Morgan fingerprint density at radius 2 is 1.75 bits per heavy atom. The summed E-state index contributed by atoms with van der Waals surface area (Å²) in [6.45, 7) is 1.84. The fourth-order valence-corrected chi connectivity index (χ4v) is 3.67. The van der Waals surface area contributed by atoms with Gasteiger partial charge < -0.3 is 10.1 Å². The molecule has 2 aromatic rings. The molecule has 7 nitrogen and oxygen atoms in total. The highest BCUT2D eigenvalue weighted by molar-refractivity contribution is 7.88. The molecule has 0 unspecified atom stereocenters. The molecular weight excluding hydrogens is 378 g/mol. The summed E-state index contributed by atoms with van der Waals surface area (Å²) in [7, 11) is -1.16. The van der Waals surface area contributed by atoms with Gasteiger partial charge in [0, 0.05) is 12.6 Å². The lowest BCUT2D eigenvalue weighted by atomic mass is 10.1. The molecular formula is C20H21N3O4S. The maximum Gasteiger partial charge on any atom is 0.345 e. The van der Waals surface area contributed by atoms with E-state index in [0.717, 1.165) is 9.87 Å². The Labute approximate surface area is 164 Å². The third kappa shape index (κ3) is 4.07. The lowest BCUT2D eigenvalue weighted by Crippen LogP contribution is -2.39. The number of nitrogens with zero attached hydrogens (tertiary/aromatic N) is 2. The van der Waals surface area contributed by atoms with E-state index in [0.29, 0.717) is 11.3 Å². The maximum atomic E-state index is 12.8. The number of amides is 1. The highest BCUT2D eigenvalue weighted by Crippen LogP contribution is 2.22. The van der Waals surface area contributed by atoms with Crippen molar-refractivity contribution in [2.45, 2.75) is 13.0 Å². The Hall–Kier alpha value is -3.13. The van der Waals surface area contributed by atoms with Gasteiger partial charge in [0.2, 0.25) is 0 Å². The van der Waals surface area contributed by atoms with E-state index < -0.39 is 16.1 Å². The molecule has 0 aliphatic carbocycles. The number of rotatable bonds is 5. The second kappa shape index (κ2) is 7.85. The van der Waals surface area contributed by atoms with Crippen molar-refractivity contribution in [1.82, 2.24) is 9.62 Å². The molecule has 0 aromatic heterocycles. The predicted octanol–water partition coefficient (Wildman–Crippen LogP) is 2.44. The lowest BCUT2D eigenvalue weighted by molar-refractivity contribution is -0.119. The molecule has 1 N–H and O–H groups in total. The number of carbonyl (C=O) groups excluding carboxylic acids is 1. The summed E-state index contributed by atoms with van der Waals surface area (Å²) < 4.78 is 34.7. The first-order valence-electron chi connectivity index (χ1n) is 8.62. The molecule has 1 amide bonds. The second-order valence-corrected chi connectivity index (χ2v) is 7.91. The van der Waals surface area contributed by atoms with Gasteiger partial charge in [0.25, 0.3) is 5.91 Å². The molecule has 1 atom stereocenters. The molecule has 0 radical (unpaired) electrons. The highest BCUT2D eigenvalue weighted by atomic mass is 32.2. The highest BCUT2D eigenvalue weighted by Gasteiger charge is 2.30. The lowest BCUT2D eigenvalue weighted by Gasteiger charge is -2.25. The van der Waals surface area contributed by atoms with Crippen LogP contribution in [-0.2, 0) is 15.0 Å². The molecule has 2 aromatic carbocycles. The molecule has 28 heavy (non-hydrogen) atoms. The molecule has 0 bridgehead atoms. The smallest absolute Gasteiger partial charge is 0.345 e. The van der Waals surface area contributed by atoms with E-state index in [1.807, 2.05) is 37.3 Å². The molecule has 8 heteroatoms. The average molecular weight is 399 g/mol. The quantitative estimate of drug-likeness (QED) is 0.836. The number of likely N-dealkylation sites (N-methyl/N-ethyl adjacent to an activating group) is 1. The first kappa shape index (κ1) is 19.6. The normalized spacial score (nSPS) is 16.6. The largest absolute Gasteiger partial charge is 0.497 e. The van der Waals surface area contributed by atoms with E-state index in [1.54, 1.807) is 31.4 Å². The van der Waals surface area contributed by atoms with Crippen molar-refractivity contribution in [1.29, 1.82) is 0 Å². The van der Waals surface area contributed by atoms with Crippen LogP contribution in [0.1, 0.15) is 24.1 Å². The van der Waals surface area contributed by atoms with Gasteiger partial charge in [0.1, 0.15) is 11.4 Å². The summed E-state index contributed by atoms with van der Waals surface area (Å²) in [5, 5.41) is 2.84. The van der Waals surface area contributed by atoms with Crippen molar-refractivity contribution in [3.63, 3.8) is 0 Å². The van der Waals surface area contributed by atoms with E-state index in [9.17, 15) is 13.2 Å². The van der Waals surface area contributed by atoms with Crippen LogP contribution in [0.25, 0.3) is 0 Å². The monoisotopic (exact) mass is 399 g/mol. The molecule has 1 aliphatic rings.